The Hall–Kier alpha value is -2.86. The zero-order chi connectivity index (χ0) is 16.8. The molecule has 1 aliphatic rings. The van der Waals surface area contributed by atoms with Gasteiger partial charge in [0.15, 0.2) is 11.0 Å². The van der Waals surface area contributed by atoms with E-state index in [9.17, 15) is 4.79 Å². The van der Waals surface area contributed by atoms with Gasteiger partial charge in [-0.3, -0.25) is 9.69 Å². The molecule has 3 heterocycles. The lowest BCUT2D eigenvalue weighted by molar-refractivity contribution is -0.121. The Labute approximate surface area is 144 Å². The number of allylic oxidation sites excluding steroid dienone is 2. The van der Waals surface area contributed by atoms with Gasteiger partial charge in [-0.2, -0.15) is 0 Å². The smallest absolute Gasteiger partial charge is 0.267 e. The average molecular weight is 337 g/mol. The molecule has 0 bridgehead atoms. The van der Waals surface area contributed by atoms with E-state index in [4.69, 9.17) is 4.42 Å². The fourth-order valence-corrected chi connectivity index (χ4v) is 2.98. The highest BCUT2D eigenvalue weighted by Crippen LogP contribution is 2.32. The van der Waals surface area contributed by atoms with Gasteiger partial charge in [-0.05, 0) is 48.2 Å². The Bertz CT molecular complexity index is 808. The Morgan fingerprint density at radius 2 is 2.25 bits per heavy atom. The summed E-state index contributed by atoms with van der Waals surface area (Å²) >= 11 is 1.32. The van der Waals surface area contributed by atoms with Crippen LogP contribution in [0.2, 0.25) is 0 Å². The van der Waals surface area contributed by atoms with Crippen molar-refractivity contribution >= 4 is 34.7 Å². The van der Waals surface area contributed by atoms with Crippen LogP contribution >= 0.6 is 11.8 Å². The summed E-state index contributed by atoms with van der Waals surface area (Å²) in [5.74, 6) is 1.19. The first kappa shape index (κ1) is 16.0. The first-order chi connectivity index (χ1) is 11.8. The largest absolute Gasteiger partial charge is 0.465 e. The van der Waals surface area contributed by atoms with E-state index in [1.54, 1.807) is 47.7 Å². The second kappa shape index (κ2) is 7.61. The maximum absolute atomic E-state index is 12.5. The van der Waals surface area contributed by atoms with Crippen LogP contribution in [-0.2, 0) is 4.79 Å². The van der Waals surface area contributed by atoms with Gasteiger partial charge in [-0.1, -0.05) is 18.2 Å². The maximum Gasteiger partial charge on any atom is 0.267 e. The molecule has 1 amide bonds. The number of nitrogens with zero attached hydrogens (tertiary/aromatic N) is 3. The van der Waals surface area contributed by atoms with Crippen LogP contribution in [-0.4, -0.2) is 27.5 Å². The van der Waals surface area contributed by atoms with Crippen molar-refractivity contribution in [3.63, 3.8) is 0 Å². The topological polar surface area (TPSA) is 58.7 Å². The van der Waals surface area contributed by atoms with Gasteiger partial charge < -0.3 is 4.42 Å². The molecule has 120 valence electrons. The summed E-state index contributed by atoms with van der Waals surface area (Å²) in [6.45, 7) is 4.10. The van der Waals surface area contributed by atoms with E-state index in [0.29, 0.717) is 22.4 Å². The summed E-state index contributed by atoms with van der Waals surface area (Å²) in [5.41, 5.74) is 0. The molecular weight excluding hydrogens is 322 g/mol. The first-order valence-corrected chi connectivity index (χ1v) is 8.12. The predicted molar refractivity (Wildman–Crippen MR) is 96.7 cm³/mol. The number of furan rings is 1. The molecule has 5 nitrogen and oxygen atoms in total. The summed E-state index contributed by atoms with van der Waals surface area (Å²) in [6.07, 6.45) is 10.3. The Balaban J connectivity index is 1.84. The van der Waals surface area contributed by atoms with Gasteiger partial charge in [-0.25, -0.2) is 9.98 Å². The molecule has 0 N–H and O–H groups in total. The fourth-order valence-electron chi connectivity index (χ4n) is 2.03. The molecule has 0 atom stereocenters. The number of pyridine rings is 1. The van der Waals surface area contributed by atoms with Crippen LogP contribution in [0.3, 0.4) is 0 Å². The van der Waals surface area contributed by atoms with Crippen LogP contribution in [0.1, 0.15) is 5.76 Å². The molecule has 3 rings (SSSR count). The van der Waals surface area contributed by atoms with E-state index >= 15 is 0 Å². The second-order valence-corrected chi connectivity index (χ2v) is 5.80. The van der Waals surface area contributed by atoms with E-state index in [1.807, 2.05) is 24.3 Å². The van der Waals surface area contributed by atoms with Crippen LogP contribution < -0.4 is 0 Å². The van der Waals surface area contributed by atoms with Crippen LogP contribution in [0.5, 0.6) is 0 Å². The Morgan fingerprint density at radius 1 is 1.33 bits per heavy atom. The number of carbonyl (C=O) groups excluding carboxylic acids is 1. The van der Waals surface area contributed by atoms with Gasteiger partial charge in [0.1, 0.15) is 5.76 Å². The highest BCUT2D eigenvalue weighted by molar-refractivity contribution is 8.18. The monoisotopic (exact) mass is 337 g/mol. The lowest BCUT2D eigenvalue weighted by Crippen LogP contribution is -2.29. The number of hydrogen-bond donors (Lipinski definition) is 0. The normalized spacial score (nSPS) is 18.2. The average Bonchev–Trinajstić information content (AvgIpc) is 3.20. The van der Waals surface area contributed by atoms with Gasteiger partial charge >= 0.3 is 0 Å². The van der Waals surface area contributed by atoms with Crippen molar-refractivity contribution in [2.24, 2.45) is 4.99 Å². The van der Waals surface area contributed by atoms with E-state index < -0.39 is 0 Å². The maximum atomic E-state index is 12.5. The molecule has 0 aliphatic carbocycles. The van der Waals surface area contributed by atoms with Crippen molar-refractivity contribution in [3.05, 3.63) is 78.3 Å². The number of aromatic nitrogens is 1. The van der Waals surface area contributed by atoms with Crippen molar-refractivity contribution in [1.82, 2.24) is 9.88 Å². The minimum Gasteiger partial charge on any atom is -0.465 e. The van der Waals surface area contributed by atoms with Gasteiger partial charge in [0.2, 0.25) is 0 Å². The molecule has 0 radical (unpaired) electrons. The quantitative estimate of drug-likeness (QED) is 0.611. The number of thioether (sulfide) groups is 1. The third kappa shape index (κ3) is 3.72. The lowest BCUT2D eigenvalue weighted by Gasteiger charge is -2.12. The Morgan fingerprint density at radius 3 is 2.96 bits per heavy atom. The van der Waals surface area contributed by atoms with E-state index in [0.717, 1.165) is 5.76 Å². The van der Waals surface area contributed by atoms with Crippen molar-refractivity contribution in [2.45, 2.75) is 0 Å². The molecule has 0 spiro atoms. The molecule has 24 heavy (non-hydrogen) atoms. The molecule has 0 saturated carbocycles. The molecule has 2 aromatic heterocycles. The summed E-state index contributed by atoms with van der Waals surface area (Å²) in [5, 5.41) is 0.594. The van der Waals surface area contributed by atoms with Crippen molar-refractivity contribution < 1.29 is 9.21 Å². The van der Waals surface area contributed by atoms with Crippen molar-refractivity contribution in [2.75, 3.05) is 6.54 Å². The molecule has 6 heteroatoms. The molecule has 1 saturated heterocycles. The number of carbonyl (C=O) groups is 1. The summed E-state index contributed by atoms with van der Waals surface area (Å²) in [6, 6.07) is 9.13. The van der Waals surface area contributed by atoms with Crippen LogP contribution in [0.15, 0.2) is 81.9 Å². The highest BCUT2D eigenvalue weighted by atomic mass is 32.2. The van der Waals surface area contributed by atoms with Crippen molar-refractivity contribution in [3.8, 4) is 0 Å². The standard InChI is InChI=1S/C18H15N3O2S/c1-2-12-21-17(22)15(9-5-7-14-8-6-13-23-14)24-18(21)20-16-10-3-4-11-19-16/h2-11,13H,1,12H2/b7-5+,15-9+,20-18+. The number of amides is 1. The van der Waals surface area contributed by atoms with E-state index in [2.05, 4.69) is 16.6 Å². The molecule has 0 aromatic carbocycles. The van der Waals surface area contributed by atoms with Crippen LogP contribution in [0.4, 0.5) is 5.82 Å². The molecule has 0 unspecified atom stereocenters. The molecular formula is C18H15N3O2S. The number of rotatable bonds is 5. The summed E-state index contributed by atoms with van der Waals surface area (Å²) in [4.78, 5) is 23.3. The third-order valence-electron chi connectivity index (χ3n) is 3.11. The summed E-state index contributed by atoms with van der Waals surface area (Å²) < 4.78 is 5.22. The van der Waals surface area contributed by atoms with Crippen LogP contribution in [0.25, 0.3) is 6.08 Å². The van der Waals surface area contributed by atoms with E-state index in [-0.39, 0.29) is 5.91 Å². The fraction of sp³-hybridized carbons (Fsp3) is 0.0556. The number of amidine groups is 1. The van der Waals surface area contributed by atoms with Gasteiger partial charge in [0.25, 0.3) is 5.91 Å². The number of hydrogen-bond acceptors (Lipinski definition) is 5. The van der Waals surface area contributed by atoms with Gasteiger partial charge in [0.05, 0.1) is 11.2 Å². The van der Waals surface area contributed by atoms with Gasteiger partial charge in [-0.15, -0.1) is 6.58 Å². The minimum absolute atomic E-state index is 0.0984. The number of aliphatic imine (C=N–C) groups is 1. The first-order valence-electron chi connectivity index (χ1n) is 7.30. The lowest BCUT2D eigenvalue weighted by atomic mass is 10.3. The second-order valence-electron chi connectivity index (χ2n) is 4.79. The van der Waals surface area contributed by atoms with Crippen molar-refractivity contribution in [1.29, 1.82) is 0 Å². The molecule has 1 aliphatic heterocycles. The predicted octanol–water partition coefficient (Wildman–Crippen LogP) is 4.02. The zero-order valence-electron chi connectivity index (χ0n) is 12.8. The zero-order valence-corrected chi connectivity index (χ0v) is 13.6. The van der Waals surface area contributed by atoms with Crippen LogP contribution in [0, 0.1) is 0 Å². The van der Waals surface area contributed by atoms with Gasteiger partial charge in [0, 0.05) is 12.7 Å². The molecule has 2 aromatic rings. The SMILES string of the molecule is C=CCN1C(=O)/C(=C\C=C\c2ccco2)S/C1=N/c1ccccn1. The third-order valence-corrected chi connectivity index (χ3v) is 4.14. The molecule has 1 fully saturated rings. The highest BCUT2D eigenvalue weighted by Gasteiger charge is 2.32. The van der Waals surface area contributed by atoms with E-state index in [1.165, 1.54) is 11.8 Å². The Kier molecular flexibility index (Phi) is 5.08. The summed E-state index contributed by atoms with van der Waals surface area (Å²) in [7, 11) is 0. The minimum atomic E-state index is -0.0984.